The Labute approximate surface area is 162 Å². The summed E-state index contributed by atoms with van der Waals surface area (Å²) in [5.74, 6) is 1.18. The Hall–Kier alpha value is -2.91. The van der Waals surface area contributed by atoms with E-state index in [0.29, 0.717) is 16.7 Å². The average molecular weight is 373 g/mol. The number of halogens is 1. The lowest BCUT2D eigenvalue weighted by atomic mass is 10.0. The topological polar surface area (TPSA) is 35.0 Å². The number of fused-ring (bicyclic) bond motifs is 2. The molecule has 0 bridgehead atoms. The second-order valence-electron chi connectivity index (χ2n) is 6.79. The van der Waals surface area contributed by atoms with E-state index in [4.69, 9.17) is 16.3 Å². The molecule has 132 valence electrons. The molecule has 4 heteroatoms. The van der Waals surface area contributed by atoms with Crippen LogP contribution in [-0.4, -0.2) is 10.2 Å². The minimum absolute atomic E-state index is 0.498. The van der Waals surface area contributed by atoms with Crippen molar-refractivity contribution >= 4 is 22.4 Å². The van der Waals surface area contributed by atoms with Gasteiger partial charge in [-0.25, -0.2) is 0 Å². The van der Waals surface area contributed by atoms with Gasteiger partial charge in [-0.05, 0) is 66.8 Å². The number of aromatic nitrogens is 2. The normalized spacial score (nSPS) is 12.9. The summed E-state index contributed by atoms with van der Waals surface area (Å²) in [5, 5.41) is 11.6. The van der Waals surface area contributed by atoms with Crippen LogP contribution >= 0.6 is 11.6 Å². The molecule has 0 radical (unpaired) electrons. The number of nitrogens with zero attached hydrogens (tertiary/aromatic N) is 2. The summed E-state index contributed by atoms with van der Waals surface area (Å²) in [6.07, 6.45) is 3.56. The molecule has 1 heterocycles. The lowest BCUT2D eigenvalue weighted by molar-refractivity contribution is 0.462. The monoisotopic (exact) mass is 372 g/mol. The largest absolute Gasteiger partial charge is 0.437 e. The fourth-order valence-corrected chi connectivity index (χ4v) is 3.83. The number of hydrogen-bond acceptors (Lipinski definition) is 3. The van der Waals surface area contributed by atoms with Crippen LogP contribution in [0.4, 0.5) is 0 Å². The van der Waals surface area contributed by atoms with Gasteiger partial charge in [0.1, 0.15) is 11.4 Å². The van der Waals surface area contributed by atoms with Crippen LogP contribution in [-0.2, 0) is 12.8 Å². The van der Waals surface area contributed by atoms with Crippen LogP contribution < -0.4 is 4.74 Å². The highest BCUT2D eigenvalue weighted by molar-refractivity contribution is 6.30. The molecule has 0 atom stereocenters. The number of aryl methyl sites for hydroxylation is 2. The SMILES string of the molecule is Clc1ccc(Oc2nnc(-c3ccc4c(c3)CCC4)c3ccccc23)cc1. The van der Waals surface area contributed by atoms with Crippen LogP contribution in [0.1, 0.15) is 17.5 Å². The average Bonchev–Trinajstić information content (AvgIpc) is 3.18. The zero-order chi connectivity index (χ0) is 18.2. The zero-order valence-electron chi connectivity index (χ0n) is 14.7. The van der Waals surface area contributed by atoms with Crippen LogP contribution in [0.5, 0.6) is 11.6 Å². The van der Waals surface area contributed by atoms with Crippen molar-refractivity contribution in [3.63, 3.8) is 0 Å². The van der Waals surface area contributed by atoms with Crippen molar-refractivity contribution in [2.45, 2.75) is 19.3 Å². The van der Waals surface area contributed by atoms with Crippen LogP contribution in [0.15, 0.2) is 66.7 Å². The lowest BCUT2D eigenvalue weighted by Crippen LogP contribution is -1.96. The number of rotatable bonds is 3. The highest BCUT2D eigenvalue weighted by Gasteiger charge is 2.16. The molecule has 3 aromatic carbocycles. The highest BCUT2D eigenvalue weighted by Crippen LogP contribution is 2.35. The van der Waals surface area contributed by atoms with E-state index >= 15 is 0 Å². The summed E-state index contributed by atoms with van der Waals surface area (Å²) in [6, 6.07) is 22.0. The van der Waals surface area contributed by atoms with Crippen LogP contribution in [0.25, 0.3) is 22.0 Å². The molecule has 0 N–H and O–H groups in total. The van der Waals surface area contributed by atoms with Gasteiger partial charge in [0.05, 0.1) is 0 Å². The molecule has 0 saturated carbocycles. The van der Waals surface area contributed by atoms with Crippen LogP contribution in [0.3, 0.4) is 0 Å². The minimum Gasteiger partial charge on any atom is -0.437 e. The van der Waals surface area contributed by atoms with E-state index in [1.807, 2.05) is 30.3 Å². The van der Waals surface area contributed by atoms with Gasteiger partial charge in [-0.1, -0.05) is 41.9 Å². The quantitative estimate of drug-likeness (QED) is 0.427. The maximum atomic E-state index is 5.98. The van der Waals surface area contributed by atoms with Crippen LogP contribution in [0, 0.1) is 0 Å². The van der Waals surface area contributed by atoms with Crippen molar-refractivity contribution in [1.82, 2.24) is 10.2 Å². The van der Waals surface area contributed by atoms with Gasteiger partial charge in [0, 0.05) is 21.4 Å². The zero-order valence-corrected chi connectivity index (χ0v) is 15.4. The molecular formula is C23H17ClN2O. The first-order valence-electron chi connectivity index (χ1n) is 9.09. The molecule has 1 aliphatic carbocycles. The minimum atomic E-state index is 0.498. The third-order valence-corrected chi connectivity index (χ3v) is 5.31. The standard InChI is InChI=1S/C23H17ClN2O/c24-18-10-12-19(13-11-18)27-23-21-7-2-1-6-20(21)22(25-26-23)17-9-8-15-4-3-5-16(15)14-17/h1-2,6-14H,3-5H2. The third-order valence-electron chi connectivity index (χ3n) is 5.05. The first kappa shape index (κ1) is 16.3. The van der Waals surface area contributed by atoms with Gasteiger partial charge in [0.15, 0.2) is 0 Å². The molecule has 5 rings (SSSR count). The predicted octanol–water partition coefficient (Wildman–Crippen LogP) is 6.23. The first-order valence-corrected chi connectivity index (χ1v) is 9.47. The highest BCUT2D eigenvalue weighted by atomic mass is 35.5. The third kappa shape index (κ3) is 3.04. The van der Waals surface area contributed by atoms with E-state index in [2.05, 4.69) is 34.5 Å². The first-order chi connectivity index (χ1) is 13.3. The Morgan fingerprint density at radius 1 is 0.778 bits per heavy atom. The molecule has 1 aromatic heterocycles. The van der Waals surface area contributed by atoms with Gasteiger partial charge in [0.2, 0.25) is 5.88 Å². The van der Waals surface area contributed by atoms with Crippen LogP contribution in [0.2, 0.25) is 5.02 Å². The summed E-state index contributed by atoms with van der Waals surface area (Å²) < 4.78 is 5.98. The second kappa shape index (κ2) is 6.67. The number of hydrogen-bond donors (Lipinski definition) is 0. The Balaban J connectivity index is 1.60. The molecule has 1 aliphatic rings. The van der Waals surface area contributed by atoms with Gasteiger partial charge in [-0.3, -0.25) is 0 Å². The van der Waals surface area contributed by atoms with Crippen molar-refractivity contribution in [2.24, 2.45) is 0 Å². The summed E-state index contributed by atoms with van der Waals surface area (Å²) in [5.41, 5.74) is 4.89. The van der Waals surface area contributed by atoms with Gasteiger partial charge < -0.3 is 4.74 Å². The fourth-order valence-electron chi connectivity index (χ4n) is 3.70. The lowest BCUT2D eigenvalue weighted by Gasteiger charge is -2.11. The van der Waals surface area contributed by atoms with Gasteiger partial charge >= 0.3 is 0 Å². The molecule has 0 fully saturated rings. The van der Waals surface area contributed by atoms with E-state index in [-0.39, 0.29) is 0 Å². The maximum Gasteiger partial charge on any atom is 0.246 e. The van der Waals surface area contributed by atoms with E-state index < -0.39 is 0 Å². The summed E-state index contributed by atoms with van der Waals surface area (Å²) in [6.45, 7) is 0. The molecule has 27 heavy (non-hydrogen) atoms. The fraction of sp³-hybridized carbons (Fsp3) is 0.130. The smallest absolute Gasteiger partial charge is 0.246 e. The van der Waals surface area contributed by atoms with Gasteiger partial charge in [-0.2, -0.15) is 0 Å². The van der Waals surface area contributed by atoms with E-state index in [1.54, 1.807) is 12.1 Å². The molecule has 0 unspecified atom stereocenters. The molecule has 3 nitrogen and oxygen atoms in total. The van der Waals surface area contributed by atoms with Crippen molar-refractivity contribution in [1.29, 1.82) is 0 Å². The van der Waals surface area contributed by atoms with Gasteiger partial charge in [0.25, 0.3) is 0 Å². The Morgan fingerprint density at radius 3 is 2.41 bits per heavy atom. The van der Waals surface area contributed by atoms with Gasteiger partial charge in [-0.15, -0.1) is 10.2 Å². The molecule has 0 aliphatic heterocycles. The number of benzene rings is 3. The van der Waals surface area contributed by atoms with Crippen molar-refractivity contribution in [2.75, 3.05) is 0 Å². The molecule has 0 amide bonds. The second-order valence-corrected chi connectivity index (χ2v) is 7.23. The molecule has 0 saturated heterocycles. The maximum absolute atomic E-state index is 5.98. The van der Waals surface area contributed by atoms with E-state index in [9.17, 15) is 0 Å². The van der Waals surface area contributed by atoms with Crippen molar-refractivity contribution in [3.8, 4) is 22.9 Å². The predicted molar refractivity (Wildman–Crippen MR) is 109 cm³/mol. The number of ether oxygens (including phenoxy) is 1. The Kier molecular flexibility index (Phi) is 4.02. The molecule has 0 spiro atoms. The Bertz CT molecular complexity index is 1140. The summed E-state index contributed by atoms with van der Waals surface area (Å²) in [4.78, 5) is 0. The van der Waals surface area contributed by atoms with Crippen molar-refractivity contribution in [3.05, 3.63) is 82.9 Å². The van der Waals surface area contributed by atoms with Crippen molar-refractivity contribution < 1.29 is 4.74 Å². The molecule has 4 aromatic rings. The molecular weight excluding hydrogens is 356 g/mol. The van der Waals surface area contributed by atoms with E-state index in [1.165, 1.54) is 24.0 Å². The Morgan fingerprint density at radius 2 is 1.56 bits per heavy atom. The summed E-state index contributed by atoms with van der Waals surface area (Å²) >= 11 is 5.95. The summed E-state index contributed by atoms with van der Waals surface area (Å²) in [7, 11) is 0. The van der Waals surface area contributed by atoms with E-state index in [0.717, 1.165) is 28.5 Å².